The maximum Gasteiger partial charge on any atom is 0.573 e. The second-order valence-corrected chi connectivity index (χ2v) is 8.28. The molecule has 34 heavy (non-hydrogen) atoms. The molecule has 3 rings (SSSR count). The summed E-state index contributed by atoms with van der Waals surface area (Å²) in [6, 6.07) is 10.5. The molecule has 2 aromatic rings. The van der Waals surface area contributed by atoms with Crippen LogP contribution in [0, 0.1) is 5.92 Å². The van der Waals surface area contributed by atoms with E-state index in [2.05, 4.69) is 21.9 Å². The van der Waals surface area contributed by atoms with Gasteiger partial charge in [0.05, 0.1) is 23.0 Å². The largest absolute Gasteiger partial charge is 0.573 e. The Morgan fingerprint density at radius 1 is 1.21 bits per heavy atom. The molecule has 0 fully saturated rings. The number of rotatable bonds is 8. The standard InChI is InChI=1S/C25H28F3N3O3/c1-6-19(16-10-12-17(13-11-16)34-25(26,27)28)29-21-14(2)15(3)22(21)30-20-9-7-8-18(23(20)32)24(33)31(4)5/h7-14,19,29-30,32H,3,6H2,1-2,4-5H3. The normalized spacial score (nSPS) is 16.6. The molecule has 6 nitrogen and oxygen atoms in total. The Balaban J connectivity index is 1.84. The van der Waals surface area contributed by atoms with Crippen molar-refractivity contribution in [3.8, 4) is 11.5 Å². The van der Waals surface area contributed by atoms with E-state index in [1.807, 2.05) is 13.8 Å². The van der Waals surface area contributed by atoms with Crippen LogP contribution in [0.5, 0.6) is 11.5 Å². The van der Waals surface area contributed by atoms with Crippen molar-refractivity contribution in [2.24, 2.45) is 5.92 Å². The number of alkyl halides is 3. The lowest BCUT2D eigenvalue weighted by molar-refractivity contribution is -0.274. The van der Waals surface area contributed by atoms with Gasteiger partial charge in [0, 0.05) is 25.7 Å². The molecule has 0 heterocycles. The van der Waals surface area contributed by atoms with Gasteiger partial charge in [0.1, 0.15) is 5.75 Å². The number of amides is 1. The van der Waals surface area contributed by atoms with Crippen molar-refractivity contribution < 1.29 is 27.8 Å². The van der Waals surface area contributed by atoms with Crippen LogP contribution in [0.1, 0.15) is 42.2 Å². The second-order valence-electron chi connectivity index (χ2n) is 8.28. The summed E-state index contributed by atoms with van der Waals surface area (Å²) in [5.74, 6) is -0.746. The zero-order valence-corrected chi connectivity index (χ0v) is 19.5. The maximum atomic E-state index is 12.4. The SMILES string of the molecule is C=C1C(Nc2cccc(C(=O)N(C)C)c2O)=C(NC(CC)c2ccc(OC(F)(F)F)cc2)C1C. The Labute approximate surface area is 196 Å². The number of halogens is 3. The van der Waals surface area contributed by atoms with Gasteiger partial charge in [0.25, 0.3) is 5.91 Å². The Bertz CT molecular complexity index is 1110. The van der Waals surface area contributed by atoms with Crippen LogP contribution in [0.4, 0.5) is 18.9 Å². The van der Waals surface area contributed by atoms with E-state index in [9.17, 15) is 23.1 Å². The van der Waals surface area contributed by atoms with Crippen LogP contribution in [0.2, 0.25) is 0 Å². The van der Waals surface area contributed by atoms with Crippen LogP contribution in [0.15, 0.2) is 66.0 Å². The summed E-state index contributed by atoms with van der Waals surface area (Å²) in [7, 11) is 3.21. The van der Waals surface area contributed by atoms with E-state index < -0.39 is 6.36 Å². The highest BCUT2D eigenvalue weighted by atomic mass is 19.4. The molecule has 0 saturated heterocycles. The van der Waals surface area contributed by atoms with Crippen molar-refractivity contribution >= 4 is 11.6 Å². The predicted octanol–water partition coefficient (Wildman–Crippen LogP) is 5.56. The highest BCUT2D eigenvalue weighted by molar-refractivity contribution is 5.98. The van der Waals surface area contributed by atoms with Crippen LogP contribution in [0.25, 0.3) is 0 Å². The number of phenolic OH excluding ortho intramolecular Hbond substituents is 1. The van der Waals surface area contributed by atoms with Gasteiger partial charge in [-0.3, -0.25) is 4.79 Å². The van der Waals surface area contributed by atoms with Gasteiger partial charge in [-0.05, 0) is 41.8 Å². The number of hydrogen-bond acceptors (Lipinski definition) is 5. The molecule has 2 aromatic carbocycles. The summed E-state index contributed by atoms with van der Waals surface area (Å²) >= 11 is 0. The molecule has 0 saturated carbocycles. The minimum Gasteiger partial charge on any atom is -0.505 e. The van der Waals surface area contributed by atoms with Crippen LogP contribution in [-0.4, -0.2) is 36.4 Å². The molecule has 2 unspecified atom stereocenters. The average molecular weight is 476 g/mol. The number of benzene rings is 2. The van der Waals surface area contributed by atoms with Crippen molar-refractivity contribution in [2.45, 2.75) is 32.7 Å². The molecular formula is C25H28F3N3O3. The van der Waals surface area contributed by atoms with E-state index in [4.69, 9.17) is 0 Å². The number of para-hydroxylation sites is 1. The number of carbonyl (C=O) groups is 1. The first-order chi connectivity index (χ1) is 15.9. The van der Waals surface area contributed by atoms with Gasteiger partial charge < -0.3 is 25.4 Å². The topological polar surface area (TPSA) is 73.8 Å². The third-order valence-corrected chi connectivity index (χ3v) is 5.73. The number of carbonyl (C=O) groups excluding carboxylic acids is 1. The third kappa shape index (κ3) is 5.30. The molecule has 1 aliphatic carbocycles. The highest BCUT2D eigenvalue weighted by Crippen LogP contribution is 2.41. The number of ether oxygens (including phenoxy) is 1. The zero-order chi connectivity index (χ0) is 25.2. The molecule has 0 aliphatic heterocycles. The number of nitrogens with one attached hydrogen (secondary N) is 2. The molecule has 0 radical (unpaired) electrons. The fourth-order valence-corrected chi connectivity index (χ4v) is 3.75. The molecule has 0 aromatic heterocycles. The molecule has 0 bridgehead atoms. The molecule has 9 heteroatoms. The fourth-order valence-electron chi connectivity index (χ4n) is 3.75. The highest BCUT2D eigenvalue weighted by Gasteiger charge is 2.33. The van der Waals surface area contributed by atoms with Gasteiger partial charge in [0.15, 0.2) is 5.75 Å². The number of anilines is 1. The Morgan fingerprint density at radius 3 is 2.41 bits per heavy atom. The van der Waals surface area contributed by atoms with Crippen LogP contribution < -0.4 is 15.4 Å². The van der Waals surface area contributed by atoms with Crippen LogP contribution in [0.3, 0.4) is 0 Å². The van der Waals surface area contributed by atoms with E-state index in [0.29, 0.717) is 17.8 Å². The van der Waals surface area contributed by atoms with E-state index in [0.717, 1.165) is 16.8 Å². The third-order valence-electron chi connectivity index (χ3n) is 5.73. The maximum absolute atomic E-state index is 12.4. The lowest BCUT2D eigenvalue weighted by atomic mass is 9.82. The smallest absolute Gasteiger partial charge is 0.505 e. The summed E-state index contributed by atoms with van der Waals surface area (Å²) < 4.78 is 41.3. The van der Waals surface area contributed by atoms with Gasteiger partial charge in [-0.25, -0.2) is 0 Å². The number of hydrogen-bond donors (Lipinski definition) is 3. The van der Waals surface area contributed by atoms with Crippen molar-refractivity contribution in [1.82, 2.24) is 10.2 Å². The van der Waals surface area contributed by atoms with Crippen molar-refractivity contribution in [3.05, 3.63) is 77.1 Å². The lowest BCUT2D eigenvalue weighted by Gasteiger charge is -2.37. The molecule has 1 amide bonds. The first-order valence-corrected chi connectivity index (χ1v) is 10.8. The number of allylic oxidation sites excluding steroid dienone is 2. The van der Waals surface area contributed by atoms with E-state index in [1.165, 1.54) is 17.0 Å². The van der Waals surface area contributed by atoms with E-state index in [1.54, 1.807) is 44.4 Å². The zero-order valence-electron chi connectivity index (χ0n) is 19.5. The monoisotopic (exact) mass is 475 g/mol. The van der Waals surface area contributed by atoms with Crippen molar-refractivity contribution in [2.75, 3.05) is 19.4 Å². The molecule has 2 atom stereocenters. The number of nitrogens with zero attached hydrogens (tertiary/aromatic N) is 1. The minimum atomic E-state index is -4.74. The minimum absolute atomic E-state index is 0.0121. The van der Waals surface area contributed by atoms with Gasteiger partial charge in [-0.2, -0.15) is 0 Å². The van der Waals surface area contributed by atoms with Crippen molar-refractivity contribution in [3.63, 3.8) is 0 Å². The Morgan fingerprint density at radius 2 is 1.85 bits per heavy atom. The summed E-state index contributed by atoms with van der Waals surface area (Å²) in [5, 5.41) is 17.3. The lowest BCUT2D eigenvalue weighted by Crippen LogP contribution is -2.35. The van der Waals surface area contributed by atoms with Gasteiger partial charge in [0.2, 0.25) is 0 Å². The average Bonchev–Trinajstić information content (AvgIpc) is 2.78. The first kappa shape index (κ1) is 25.0. The van der Waals surface area contributed by atoms with Crippen LogP contribution in [-0.2, 0) is 0 Å². The van der Waals surface area contributed by atoms with Gasteiger partial charge in [-0.15, -0.1) is 13.2 Å². The van der Waals surface area contributed by atoms with E-state index >= 15 is 0 Å². The molecule has 1 aliphatic rings. The fraction of sp³-hybridized carbons (Fsp3) is 0.320. The van der Waals surface area contributed by atoms with Gasteiger partial charge >= 0.3 is 6.36 Å². The summed E-state index contributed by atoms with van der Waals surface area (Å²) in [6.45, 7) is 8.04. The summed E-state index contributed by atoms with van der Waals surface area (Å²) in [6.07, 6.45) is -4.06. The summed E-state index contributed by atoms with van der Waals surface area (Å²) in [4.78, 5) is 13.7. The van der Waals surface area contributed by atoms with Crippen molar-refractivity contribution in [1.29, 1.82) is 0 Å². The van der Waals surface area contributed by atoms with E-state index in [-0.39, 0.29) is 34.9 Å². The molecule has 0 spiro atoms. The Hall–Kier alpha value is -3.62. The molecule has 3 N–H and O–H groups in total. The summed E-state index contributed by atoms with van der Waals surface area (Å²) in [5.41, 5.74) is 3.74. The quantitative estimate of drug-likeness (QED) is 0.436. The molecular weight excluding hydrogens is 447 g/mol. The van der Waals surface area contributed by atoms with Gasteiger partial charge in [-0.1, -0.05) is 38.6 Å². The van der Waals surface area contributed by atoms with Crippen LogP contribution >= 0.6 is 0 Å². The second kappa shape index (κ2) is 9.70. The molecule has 182 valence electrons. The number of aromatic hydroxyl groups is 1. The Kier molecular flexibility index (Phi) is 7.14. The number of phenols is 1. The first-order valence-electron chi connectivity index (χ1n) is 10.8. The predicted molar refractivity (Wildman–Crippen MR) is 124 cm³/mol.